The molecule has 1 aliphatic rings. The van der Waals surface area contributed by atoms with Crippen LogP contribution < -0.4 is 24.3 Å². The Morgan fingerprint density at radius 3 is 1.42 bits per heavy atom. The maximum Gasteiger partial charge on any atom is 0.339 e. The van der Waals surface area contributed by atoms with Crippen LogP contribution >= 0.6 is 0 Å². The second kappa shape index (κ2) is 24.5. The van der Waals surface area contributed by atoms with Crippen LogP contribution in [-0.4, -0.2) is 29.7 Å². The molecule has 0 aromatic heterocycles. The molecule has 0 heterocycles. The Hall–Kier alpha value is -9.74. The maximum absolute atomic E-state index is 15.8. The summed E-state index contributed by atoms with van der Waals surface area (Å²) in [5.74, 6) is -1.89. The number of rotatable bonds is 21. The molecule has 0 aliphatic heterocycles. The molecule has 11 nitrogen and oxygen atoms in total. The zero-order valence-electron chi connectivity index (χ0n) is 41.9. The molecule has 0 spiro atoms. The minimum atomic E-state index is -0.834. The number of ether oxygens (including phenoxy) is 6. The lowest BCUT2D eigenvalue weighted by Crippen LogP contribution is -2.36. The van der Waals surface area contributed by atoms with E-state index in [9.17, 15) is 14.4 Å². The van der Waals surface area contributed by atoms with E-state index < -0.39 is 29.9 Å². The SMILES string of the molecule is O=C(NC1c2ccccc2CC1OC(=O)c1cc(OCc2ccccc2)c(C(=O)c2c(OCc3ccccc3)cccc2C(=O)OCc2ccccc2)c(OCc2ccccc2)c1)c1ccc(OCc2ccccc2)cc1. The van der Waals surface area contributed by atoms with Gasteiger partial charge in [-0.1, -0.05) is 182 Å². The predicted molar refractivity (Wildman–Crippen MR) is 291 cm³/mol. The summed E-state index contributed by atoms with van der Waals surface area (Å²) in [6.07, 6.45) is -0.521. The second-order valence-corrected chi connectivity index (χ2v) is 18.3. The van der Waals surface area contributed by atoms with Crippen molar-refractivity contribution in [2.24, 2.45) is 0 Å². The Balaban J connectivity index is 1.00. The molecule has 0 fully saturated rings. The van der Waals surface area contributed by atoms with Gasteiger partial charge in [0.25, 0.3) is 5.91 Å². The number of hydrogen-bond donors (Lipinski definition) is 1. The van der Waals surface area contributed by atoms with Crippen molar-refractivity contribution in [2.75, 3.05) is 0 Å². The largest absolute Gasteiger partial charge is 0.489 e. The Morgan fingerprint density at radius 2 is 0.883 bits per heavy atom. The summed E-state index contributed by atoms with van der Waals surface area (Å²) in [7, 11) is 0. The van der Waals surface area contributed by atoms with E-state index in [0.717, 1.165) is 38.9 Å². The Labute approximate surface area is 446 Å². The molecule has 0 saturated heterocycles. The van der Waals surface area contributed by atoms with Crippen molar-refractivity contribution in [3.63, 3.8) is 0 Å². The van der Waals surface area contributed by atoms with Crippen molar-refractivity contribution >= 4 is 23.6 Å². The minimum absolute atomic E-state index is 0.0101. The molecule has 9 aromatic rings. The topological polar surface area (TPSA) is 136 Å². The van der Waals surface area contributed by atoms with Gasteiger partial charge in [-0.3, -0.25) is 9.59 Å². The number of esters is 2. The average Bonchev–Trinajstić information content (AvgIpc) is 3.83. The number of ketones is 1. The molecule has 10 rings (SSSR count). The summed E-state index contributed by atoms with van der Waals surface area (Å²) >= 11 is 0. The molecule has 9 aromatic carbocycles. The third-order valence-corrected chi connectivity index (χ3v) is 13.0. The third-order valence-electron chi connectivity index (χ3n) is 13.0. The zero-order chi connectivity index (χ0) is 52.8. The molecule has 11 heteroatoms. The van der Waals surface area contributed by atoms with Gasteiger partial charge in [-0.25, -0.2) is 9.59 Å². The quantitative estimate of drug-likeness (QED) is 0.0547. The summed E-state index contributed by atoms with van der Waals surface area (Å²) in [4.78, 5) is 58.9. The fourth-order valence-corrected chi connectivity index (χ4v) is 9.06. The van der Waals surface area contributed by atoms with Crippen LogP contribution in [-0.2, 0) is 48.9 Å². The first kappa shape index (κ1) is 50.8. The highest BCUT2D eigenvalue weighted by Crippen LogP contribution is 2.40. The van der Waals surface area contributed by atoms with Gasteiger partial charge in [-0.05, 0) is 87.5 Å². The van der Waals surface area contributed by atoms with Crippen molar-refractivity contribution in [2.45, 2.75) is 51.6 Å². The molecule has 1 N–H and O–H groups in total. The van der Waals surface area contributed by atoms with Crippen LogP contribution in [0.3, 0.4) is 0 Å². The van der Waals surface area contributed by atoms with E-state index in [1.807, 2.05) is 176 Å². The fraction of sp³-hybridized carbons (Fsp3) is 0.121. The molecule has 0 saturated carbocycles. The highest BCUT2D eigenvalue weighted by atomic mass is 16.5. The van der Waals surface area contributed by atoms with Crippen LogP contribution in [0.1, 0.15) is 92.0 Å². The average molecular weight is 1020 g/mol. The lowest BCUT2D eigenvalue weighted by atomic mass is 9.94. The molecule has 2 atom stereocenters. The zero-order valence-corrected chi connectivity index (χ0v) is 41.9. The number of carbonyl (C=O) groups is 4. The van der Waals surface area contributed by atoms with Crippen LogP contribution in [0.25, 0.3) is 0 Å². The molecule has 0 radical (unpaired) electrons. The van der Waals surface area contributed by atoms with Crippen LogP contribution in [0.2, 0.25) is 0 Å². The normalized spacial score (nSPS) is 13.4. The highest BCUT2D eigenvalue weighted by Gasteiger charge is 2.38. The number of nitrogens with one attached hydrogen (secondary N) is 1. The Kier molecular flexibility index (Phi) is 16.2. The third kappa shape index (κ3) is 12.8. The predicted octanol–water partition coefficient (Wildman–Crippen LogP) is 12.8. The van der Waals surface area contributed by atoms with E-state index in [1.165, 1.54) is 18.2 Å². The van der Waals surface area contributed by atoms with Gasteiger partial charge in [0, 0.05) is 12.0 Å². The molecule has 0 bridgehead atoms. The van der Waals surface area contributed by atoms with Gasteiger partial charge in [0.05, 0.1) is 22.7 Å². The number of hydrogen-bond acceptors (Lipinski definition) is 10. The first-order valence-corrected chi connectivity index (χ1v) is 25.3. The monoisotopic (exact) mass is 1020 g/mol. The van der Waals surface area contributed by atoms with Crippen molar-refractivity contribution < 1.29 is 47.6 Å². The van der Waals surface area contributed by atoms with Gasteiger partial charge in [0.2, 0.25) is 5.78 Å². The number of carbonyl (C=O) groups excluding carboxylic acids is 4. The summed E-state index contributed by atoms with van der Waals surface area (Å²) in [5.41, 5.74) is 6.06. The standard InChI is InChI=1S/C66H53NO10/c68-63(60-55(66(71)76-44-49-27-14-5-15-28-49)31-18-32-56(60)73-41-46-21-8-2-9-22-46)61-57(74-42-47-23-10-3-11-24-47)38-52(39-58(61)75-43-48-25-12-4-13-26-48)65(70)77-59-37-51-29-16-17-30-54(51)62(59)67-64(69)50-33-35-53(36-34-50)72-40-45-19-6-1-7-20-45/h1-36,38-39,59,62H,37,40-44H2,(H,67,69). The number of benzene rings is 9. The van der Waals surface area contributed by atoms with Crippen LogP contribution in [0, 0.1) is 0 Å². The van der Waals surface area contributed by atoms with Gasteiger partial charge in [-0.15, -0.1) is 0 Å². The molecule has 2 unspecified atom stereocenters. The molecule has 77 heavy (non-hydrogen) atoms. The van der Waals surface area contributed by atoms with E-state index in [1.54, 1.807) is 36.4 Å². The van der Waals surface area contributed by atoms with E-state index in [4.69, 9.17) is 28.4 Å². The molecule has 382 valence electrons. The van der Waals surface area contributed by atoms with E-state index >= 15 is 4.79 Å². The fourth-order valence-electron chi connectivity index (χ4n) is 9.06. The lowest BCUT2D eigenvalue weighted by molar-refractivity contribution is 0.0229. The number of fused-ring (bicyclic) bond motifs is 1. The van der Waals surface area contributed by atoms with Crippen molar-refractivity contribution in [3.05, 3.63) is 297 Å². The molecular weight excluding hydrogens is 967 g/mol. The van der Waals surface area contributed by atoms with E-state index in [0.29, 0.717) is 24.3 Å². The Morgan fingerprint density at radius 1 is 0.416 bits per heavy atom. The van der Waals surface area contributed by atoms with Gasteiger partial charge in [0.15, 0.2) is 0 Å². The Bertz CT molecular complexity index is 3400. The van der Waals surface area contributed by atoms with Crippen molar-refractivity contribution in [1.82, 2.24) is 5.32 Å². The lowest BCUT2D eigenvalue weighted by Gasteiger charge is -2.23. The van der Waals surface area contributed by atoms with Crippen molar-refractivity contribution in [1.29, 1.82) is 0 Å². The summed E-state index contributed by atoms with van der Waals surface area (Å²) in [6.45, 7) is 0.380. The number of amides is 1. The van der Waals surface area contributed by atoms with Crippen molar-refractivity contribution in [3.8, 4) is 23.0 Å². The van der Waals surface area contributed by atoms with Crippen LogP contribution in [0.4, 0.5) is 0 Å². The second-order valence-electron chi connectivity index (χ2n) is 18.3. The highest BCUT2D eigenvalue weighted by molar-refractivity contribution is 6.19. The van der Waals surface area contributed by atoms with Gasteiger partial charge in [-0.2, -0.15) is 0 Å². The molecule has 1 aliphatic carbocycles. The first-order valence-electron chi connectivity index (χ1n) is 25.3. The van der Waals surface area contributed by atoms with Gasteiger partial charge in [0.1, 0.15) is 67.7 Å². The van der Waals surface area contributed by atoms with E-state index in [-0.39, 0.29) is 71.8 Å². The smallest absolute Gasteiger partial charge is 0.339 e. The molecular formula is C66H53NO10. The van der Waals surface area contributed by atoms with E-state index in [2.05, 4.69) is 5.32 Å². The summed E-state index contributed by atoms with van der Waals surface area (Å²) < 4.78 is 37.8. The first-order chi connectivity index (χ1) is 37.8. The van der Waals surface area contributed by atoms with Crippen LogP contribution in [0.5, 0.6) is 23.0 Å². The van der Waals surface area contributed by atoms with Gasteiger partial charge < -0.3 is 33.7 Å². The van der Waals surface area contributed by atoms with Crippen LogP contribution in [0.15, 0.2) is 231 Å². The maximum atomic E-state index is 15.8. The summed E-state index contributed by atoms with van der Waals surface area (Å²) in [5, 5.41) is 3.14. The molecule has 1 amide bonds. The van der Waals surface area contributed by atoms with Gasteiger partial charge >= 0.3 is 11.9 Å². The summed E-state index contributed by atoms with van der Waals surface area (Å²) in [6, 6.07) is 68.7. The minimum Gasteiger partial charge on any atom is -0.489 e.